The Hall–Kier alpha value is -2.11. The molecule has 0 aliphatic heterocycles. The Bertz CT molecular complexity index is 521. The van der Waals surface area contributed by atoms with Crippen LogP contribution in [0, 0.1) is 0 Å². The highest BCUT2D eigenvalue weighted by atomic mass is 16.5. The van der Waals surface area contributed by atoms with Gasteiger partial charge in [0.25, 0.3) is 0 Å². The van der Waals surface area contributed by atoms with Gasteiger partial charge in [0.1, 0.15) is 11.1 Å². The van der Waals surface area contributed by atoms with Crippen molar-refractivity contribution in [2.75, 3.05) is 13.7 Å². The van der Waals surface area contributed by atoms with E-state index in [-0.39, 0.29) is 0 Å². The zero-order valence-corrected chi connectivity index (χ0v) is 9.01. The minimum Gasteiger partial charge on any atom is -0.480 e. The standard InChI is InChI=1S/C10H11N3O3/c1-3-16-10(14)7-6-11-13-8(7)4-5-9(12-13)15-2/h4-6H,3H2,1-2H3. The first-order valence-electron chi connectivity index (χ1n) is 4.82. The molecule has 0 saturated heterocycles. The van der Waals surface area contributed by atoms with Crippen molar-refractivity contribution in [3.8, 4) is 5.88 Å². The molecule has 0 aromatic carbocycles. The van der Waals surface area contributed by atoms with Crippen molar-refractivity contribution in [2.24, 2.45) is 0 Å². The molecule has 2 rings (SSSR count). The lowest BCUT2D eigenvalue weighted by molar-refractivity contribution is 0.0528. The third-order valence-corrected chi connectivity index (χ3v) is 2.07. The van der Waals surface area contributed by atoms with Crippen LogP contribution in [0.2, 0.25) is 0 Å². The fraction of sp³-hybridized carbons (Fsp3) is 0.300. The second kappa shape index (κ2) is 4.18. The normalized spacial score (nSPS) is 10.4. The number of ether oxygens (including phenoxy) is 2. The molecular weight excluding hydrogens is 210 g/mol. The summed E-state index contributed by atoms with van der Waals surface area (Å²) in [7, 11) is 1.52. The Labute approximate surface area is 91.8 Å². The summed E-state index contributed by atoms with van der Waals surface area (Å²) >= 11 is 0. The maximum Gasteiger partial charge on any atom is 0.342 e. The van der Waals surface area contributed by atoms with Gasteiger partial charge in [-0.25, -0.2) is 4.79 Å². The SMILES string of the molecule is CCOC(=O)c1cnn2nc(OC)ccc12. The van der Waals surface area contributed by atoms with Crippen molar-refractivity contribution in [1.29, 1.82) is 0 Å². The predicted molar refractivity (Wildman–Crippen MR) is 55.5 cm³/mol. The van der Waals surface area contributed by atoms with Crippen LogP contribution < -0.4 is 4.74 Å². The van der Waals surface area contributed by atoms with Crippen molar-refractivity contribution in [1.82, 2.24) is 14.8 Å². The number of nitrogens with zero attached hydrogens (tertiary/aromatic N) is 3. The second-order valence-electron chi connectivity index (χ2n) is 3.03. The topological polar surface area (TPSA) is 65.7 Å². The first kappa shape index (κ1) is 10.4. The van der Waals surface area contributed by atoms with Crippen molar-refractivity contribution in [3.63, 3.8) is 0 Å². The molecule has 0 atom stereocenters. The molecule has 0 bridgehead atoms. The summed E-state index contributed by atoms with van der Waals surface area (Å²) in [5.41, 5.74) is 0.997. The molecule has 84 valence electrons. The molecule has 6 heteroatoms. The Morgan fingerprint density at radius 1 is 1.50 bits per heavy atom. The molecule has 0 fully saturated rings. The highest BCUT2D eigenvalue weighted by Gasteiger charge is 2.14. The van der Waals surface area contributed by atoms with Gasteiger partial charge in [-0.05, 0) is 13.0 Å². The summed E-state index contributed by atoms with van der Waals surface area (Å²) in [6.45, 7) is 2.09. The molecule has 2 aromatic rings. The molecule has 0 saturated carbocycles. The van der Waals surface area contributed by atoms with E-state index in [1.807, 2.05) is 0 Å². The molecule has 2 aromatic heterocycles. The van der Waals surface area contributed by atoms with Crippen LogP contribution in [0.5, 0.6) is 5.88 Å². The molecule has 6 nitrogen and oxygen atoms in total. The zero-order chi connectivity index (χ0) is 11.5. The average molecular weight is 221 g/mol. The number of carbonyl (C=O) groups is 1. The smallest absolute Gasteiger partial charge is 0.342 e. The summed E-state index contributed by atoms with van der Waals surface area (Å²) in [5, 5.41) is 7.99. The van der Waals surface area contributed by atoms with Crippen LogP contribution in [-0.4, -0.2) is 34.5 Å². The van der Waals surface area contributed by atoms with Crippen molar-refractivity contribution in [3.05, 3.63) is 23.9 Å². The highest BCUT2D eigenvalue weighted by molar-refractivity contribution is 5.96. The molecule has 16 heavy (non-hydrogen) atoms. The summed E-state index contributed by atoms with van der Waals surface area (Å²) < 4.78 is 11.2. The first-order valence-corrected chi connectivity index (χ1v) is 4.82. The van der Waals surface area contributed by atoms with Gasteiger partial charge in [0.15, 0.2) is 0 Å². The van der Waals surface area contributed by atoms with Crippen LogP contribution in [0.15, 0.2) is 18.3 Å². The van der Waals surface area contributed by atoms with Crippen LogP contribution in [0.1, 0.15) is 17.3 Å². The molecule has 0 N–H and O–H groups in total. The molecule has 0 unspecified atom stereocenters. The Morgan fingerprint density at radius 3 is 3.00 bits per heavy atom. The van der Waals surface area contributed by atoms with E-state index < -0.39 is 5.97 Å². The minimum absolute atomic E-state index is 0.333. The van der Waals surface area contributed by atoms with Crippen LogP contribution in [0.4, 0.5) is 0 Å². The van der Waals surface area contributed by atoms with Gasteiger partial charge in [0, 0.05) is 6.07 Å². The predicted octanol–water partition coefficient (Wildman–Crippen LogP) is 0.915. The average Bonchev–Trinajstić information content (AvgIpc) is 2.71. The lowest BCUT2D eigenvalue weighted by atomic mass is 10.3. The van der Waals surface area contributed by atoms with E-state index in [4.69, 9.17) is 9.47 Å². The Balaban J connectivity index is 2.45. The number of fused-ring (bicyclic) bond motifs is 1. The molecule has 0 aliphatic carbocycles. The van der Waals surface area contributed by atoms with E-state index in [1.165, 1.54) is 17.9 Å². The van der Waals surface area contributed by atoms with Gasteiger partial charge in [-0.3, -0.25) is 0 Å². The molecule has 0 amide bonds. The Kier molecular flexibility index (Phi) is 2.72. The second-order valence-corrected chi connectivity index (χ2v) is 3.03. The molecule has 2 heterocycles. The maximum atomic E-state index is 11.5. The number of methoxy groups -OCH3 is 1. The van der Waals surface area contributed by atoms with E-state index in [2.05, 4.69) is 10.2 Å². The quantitative estimate of drug-likeness (QED) is 0.721. The van der Waals surface area contributed by atoms with Gasteiger partial charge in [-0.1, -0.05) is 0 Å². The summed E-state index contributed by atoms with van der Waals surface area (Å²) in [6.07, 6.45) is 1.43. The van der Waals surface area contributed by atoms with Gasteiger partial charge in [-0.2, -0.15) is 5.10 Å². The number of hydrogen-bond donors (Lipinski definition) is 0. The lowest BCUT2D eigenvalue weighted by Crippen LogP contribution is -2.04. The van der Waals surface area contributed by atoms with Crippen LogP contribution in [0.3, 0.4) is 0 Å². The Morgan fingerprint density at radius 2 is 2.31 bits per heavy atom. The third-order valence-electron chi connectivity index (χ3n) is 2.07. The van der Waals surface area contributed by atoms with Gasteiger partial charge in [0.05, 0.1) is 19.9 Å². The van der Waals surface area contributed by atoms with Crippen LogP contribution in [-0.2, 0) is 4.74 Å². The summed E-state index contributed by atoms with van der Waals surface area (Å²) in [5.74, 6) is 0.0375. The minimum atomic E-state index is -0.399. The number of aromatic nitrogens is 3. The van der Waals surface area contributed by atoms with Gasteiger partial charge in [0.2, 0.25) is 5.88 Å². The van der Waals surface area contributed by atoms with E-state index in [1.54, 1.807) is 19.1 Å². The third kappa shape index (κ3) is 1.69. The molecule has 0 aliphatic rings. The van der Waals surface area contributed by atoms with E-state index in [9.17, 15) is 4.79 Å². The maximum absolute atomic E-state index is 11.5. The van der Waals surface area contributed by atoms with Crippen LogP contribution >= 0.6 is 0 Å². The monoisotopic (exact) mass is 221 g/mol. The van der Waals surface area contributed by atoms with E-state index in [0.717, 1.165) is 0 Å². The van der Waals surface area contributed by atoms with Gasteiger partial charge < -0.3 is 9.47 Å². The van der Waals surface area contributed by atoms with E-state index >= 15 is 0 Å². The van der Waals surface area contributed by atoms with E-state index in [0.29, 0.717) is 23.6 Å². The van der Waals surface area contributed by atoms with Gasteiger partial charge in [-0.15, -0.1) is 9.73 Å². The zero-order valence-electron chi connectivity index (χ0n) is 9.01. The summed E-state index contributed by atoms with van der Waals surface area (Å²) in [6, 6.07) is 3.38. The van der Waals surface area contributed by atoms with Crippen LogP contribution in [0.25, 0.3) is 5.52 Å². The molecule has 0 spiro atoms. The lowest BCUT2D eigenvalue weighted by Gasteiger charge is -2.00. The van der Waals surface area contributed by atoms with Crippen molar-refractivity contribution >= 4 is 11.5 Å². The molecular formula is C10H11N3O3. The first-order chi connectivity index (χ1) is 7.76. The van der Waals surface area contributed by atoms with Crippen molar-refractivity contribution < 1.29 is 14.3 Å². The number of carbonyl (C=O) groups excluding carboxylic acids is 1. The fourth-order valence-corrected chi connectivity index (χ4v) is 1.34. The highest BCUT2D eigenvalue weighted by Crippen LogP contribution is 2.13. The van der Waals surface area contributed by atoms with Crippen molar-refractivity contribution in [2.45, 2.75) is 6.92 Å². The number of esters is 1. The molecule has 0 radical (unpaired) electrons. The number of hydrogen-bond acceptors (Lipinski definition) is 5. The van der Waals surface area contributed by atoms with Gasteiger partial charge >= 0.3 is 5.97 Å². The summed E-state index contributed by atoms with van der Waals surface area (Å²) in [4.78, 5) is 11.5. The fourth-order valence-electron chi connectivity index (χ4n) is 1.34. The largest absolute Gasteiger partial charge is 0.480 e. The number of rotatable bonds is 3.